The summed E-state index contributed by atoms with van der Waals surface area (Å²) < 4.78 is 0. The molecule has 0 saturated heterocycles. The molecule has 10 heteroatoms. The molecule has 1 aromatic rings. The minimum Gasteiger partial charge on any atom is -0.480 e. The maximum Gasteiger partial charge on any atom is 0.323 e. The van der Waals surface area contributed by atoms with E-state index in [1.165, 1.54) is 31.3 Å². The first-order valence-electron chi connectivity index (χ1n) is 6.50. The Labute approximate surface area is 131 Å². The molecular weight excluding hydrogens is 308 g/mol. The summed E-state index contributed by atoms with van der Waals surface area (Å²) in [4.78, 5) is 44.4. The van der Waals surface area contributed by atoms with Crippen molar-refractivity contribution in [1.82, 2.24) is 15.5 Å². The van der Waals surface area contributed by atoms with E-state index in [9.17, 15) is 24.5 Å². The summed E-state index contributed by atoms with van der Waals surface area (Å²) in [5.74, 6) is -1.69. The summed E-state index contributed by atoms with van der Waals surface area (Å²) in [5.41, 5.74) is 0.602. The van der Waals surface area contributed by atoms with Crippen LogP contribution >= 0.6 is 0 Å². The van der Waals surface area contributed by atoms with Crippen LogP contribution in [-0.4, -0.2) is 53.0 Å². The van der Waals surface area contributed by atoms with Crippen LogP contribution in [0.1, 0.15) is 5.56 Å². The average molecular weight is 324 g/mol. The molecule has 124 valence electrons. The first kappa shape index (κ1) is 17.9. The molecule has 23 heavy (non-hydrogen) atoms. The number of nitro benzene ring substituents is 1. The van der Waals surface area contributed by atoms with Gasteiger partial charge in [-0.3, -0.25) is 19.7 Å². The second kappa shape index (κ2) is 8.32. The average Bonchev–Trinajstić information content (AvgIpc) is 2.50. The second-order valence-corrected chi connectivity index (χ2v) is 4.60. The lowest BCUT2D eigenvalue weighted by atomic mass is 10.2. The number of carboxylic acids is 1. The third-order valence-electron chi connectivity index (χ3n) is 2.80. The number of amides is 3. The van der Waals surface area contributed by atoms with Crippen LogP contribution in [0.2, 0.25) is 0 Å². The normalized spacial score (nSPS) is 9.78. The molecular formula is C13H16N4O6. The van der Waals surface area contributed by atoms with Gasteiger partial charge in [-0.15, -0.1) is 0 Å². The smallest absolute Gasteiger partial charge is 0.323 e. The first-order chi connectivity index (χ1) is 10.8. The molecule has 0 atom stereocenters. The quantitative estimate of drug-likeness (QED) is 0.473. The molecule has 0 fully saturated rings. The predicted octanol–water partition coefficient (Wildman–Crippen LogP) is -0.0630. The van der Waals surface area contributed by atoms with Crippen molar-refractivity contribution in [2.75, 3.05) is 20.1 Å². The van der Waals surface area contributed by atoms with Gasteiger partial charge in [-0.1, -0.05) is 12.1 Å². The van der Waals surface area contributed by atoms with Crippen molar-refractivity contribution in [2.45, 2.75) is 6.54 Å². The molecule has 0 saturated carbocycles. The number of carbonyl (C=O) groups is 3. The summed E-state index contributed by atoms with van der Waals surface area (Å²) >= 11 is 0. The van der Waals surface area contributed by atoms with Crippen LogP contribution in [0.3, 0.4) is 0 Å². The van der Waals surface area contributed by atoms with E-state index < -0.39 is 29.4 Å². The molecule has 10 nitrogen and oxygen atoms in total. The van der Waals surface area contributed by atoms with E-state index in [-0.39, 0.29) is 18.8 Å². The fraction of sp³-hybridized carbons (Fsp3) is 0.308. The molecule has 0 radical (unpaired) electrons. The van der Waals surface area contributed by atoms with E-state index in [1.54, 1.807) is 0 Å². The lowest BCUT2D eigenvalue weighted by Gasteiger charge is -2.15. The van der Waals surface area contributed by atoms with E-state index in [1.807, 2.05) is 0 Å². The van der Waals surface area contributed by atoms with E-state index in [0.717, 1.165) is 4.90 Å². The van der Waals surface area contributed by atoms with Gasteiger partial charge in [0, 0.05) is 25.7 Å². The molecule has 0 spiro atoms. The zero-order valence-corrected chi connectivity index (χ0v) is 12.3. The van der Waals surface area contributed by atoms with Crippen molar-refractivity contribution in [1.29, 1.82) is 0 Å². The molecule has 0 aromatic heterocycles. The molecule has 3 N–H and O–H groups in total. The Morgan fingerprint density at radius 3 is 2.35 bits per heavy atom. The molecule has 1 aromatic carbocycles. The Hall–Kier alpha value is -3.17. The zero-order chi connectivity index (χ0) is 17.4. The Morgan fingerprint density at radius 2 is 1.83 bits per heavy atom. The van der Waals surface area contributed by atoms with Gasteiger partial charge < -0.3 is 20.6 Å². The summed E-state index contributed by atoms with van der Waals surface area (Å²) in [6, 6.07) is 5.04. The van der Waals surface area contributed by atoms with Gasteiger partial charge in [-0.25, -0.2) is 4.79 Å². The predicted molar refractivity (Wildman–Crippen MR) is 78.6 cm³/mol. The highest BCUT2D eigenvalue weighted by Gasteiger charge is 2.13. The molecule has 0 aliphatic heterocycles. The summed E-state index contributed by atoms with van der Waals surface area (Å²) in [7, 11) is 1.31. The van der Waals surface area contributed by atoms with Gasteiger partial charge in [-0.05, 0) is 5.56 Å². The monoisotopic (exact) mass is 324 g/mol. The Kier molecular flexibility index (Phi) is 6.46. The van der Waals surface area contributed by atoms with E-state index in [0.29, 0.717) is 5.56 Å². The largest absolute Gasteiger partial charge is 0.480 e. The number of carbonyl (C=O) groups excluding carboxylic acids is 2. The maximum atomic E-state index is 11.5. The van der Waals surface area contributed by atoms with Crippen molar-refractivity contribution >= 4 is 23.6 Å². The fourth-order valence-electron chi connectivity index (χ4n) is 1.56. The SMILES string of the molecule is CN(CC(=O)O)C(=O)CNC(=O)NCc1ccc([N+](=O)[O-])cc1. The van der Waals surface area contributed by atoms with Gasteiger partial charge in [0.25, 0.3) is 5.69 Å². The van der Waals surface area contributed by atoms with Gasteiger partial charge in [0.2, 0.25) is 5.91 Å². The number of nitrogens with one attached hydrogen (secondary N) is 2. The Bertz CT molecular complexity index is 601. The molecule has 0 aliphatic carbocycles. The van der Waals surface area contributed by atoms with Crippen molar-refractivity contribution < 1.29 is 24.4 Å². The third kappa shape index (κ3) is 6.42. The zero-order valence-electron chi connectivity index (χ0n) is 12.3. The van der Waals surface area contributed by atoms with Crippen molar-refractivity contribution in [2.24, 2.45) is 0 Å². The van der Waals surface area contributed by atoms with Crippen LogP contribution < -0.4 is 10.6 Å². The topological polar surface area (TPSA) is 142 Å². The lowest BCUT2D eigenvalue weighted by molar-refractivity contribution is -0.384. The van der Waals surface area contributed by atoms with Crippen LogP contribution in [0.4, 0.5) is 10.5 Å². The van der Waals surface area contributed by atoms with Gasteiger partial charge in [0.15, 0.2) is 0 Å². The molecule has 0 unspecified atom stereocenters. The number of hydrogen-bond donors (Lipinski definition) is 3. The van der Waals surface area contributed by atoms with E-state index in [4.69, 9.17) is 5.11 Å². The highest BCUT2D eigenvalue weighted by atomic mass is 16.6. The highest BCUT2D eigenvalue weighted by molar-refractivity contribution is 5.86. The molecule has 0 bridgehead atoms. The minimum atomic E-state index is -1.15. The summed E-state index contributed by atoms with van der Waals surface area (Å²) in [6.07, 6.45) is 0. The number of benzene rings is 1. The number of hydrogen-bond acceptors (Lipinski definition) is 5. The summed E-state index contributed by atoms with van der Waals surface area (Å²) in [6.45, 7) is -0.663. The van der Waals surface area contributed by atoms with Crippen LogP contribution in [-0.2, 0) is 16.1 Å². The number of non-ortho nitro benzene ring substituents is 1. The second-order valence-electron chi connectivity index (χ2n) is 4.60. The first-order valence-corrected chi connectivity index (χ1v) is 6.50. The number of urea groups is 1. The van der Waals surface area contributed by atoms with Gasteiger partial charge in [0.05, 0.1) is 11.5 Å². The Balaban J connectivity index is 2.35. The lowest BCUT2D eigenvalue weighted by Crippen LogP contribution is -2.43. The van der Waals surface area contributed by atoms with Crippen molar-refractivity contribution in [3.8, 4) is 0 Å². The molecule has 0 heterocycles. The molecule has 0 aliphatic rings. The van der Waals surface area contributed by atoms with Crippen molar-refractivity contribution in [3.05, 3.63) is 39.9 Å². The molecule has 3 amide bonds. The Morgan fingerprint density at radius 1 is 1.22 bits per heavy atom. The van der Waals surface area contributed by atoms with Crippen molar-refractivity contribution in [3.63, 3.8) is 0 Å². The number of nitrogens with zero attached hydrogens (tertiary/aromatic N) is 2. The highest BCUT2D eigenvalue weighted by Crippen LogP contribution is 2.11. The number of aliphatic carboxylic acids is 1. The number of carboxylic acid groups (broad SMARTS) is 1. The maximum absolute atomic E-state index is 11.5. The van der Waals surface area contributed by atoms with E-state index >= 15 is 0 Å². The van der Waals surface area contributed by atoms with Crippen LogP contribution in [0.15, 0.2) is 24.3 Å². The third-order valence-corrected chi connectivity index (χ3v) is 2.80. The standard InChI is InChI=1S/C13H16N4O6/c1-16(8-12(19)20)11(18)7-15-13(21)14-6-9-2-4-10(5-3-9)17(22)23/h2-5H,6-8H2,1H3,(H,19,20)(H2,14,15,21). The van der Waals surface area contributed by atoms with Gasteiger partial charge >= 0.3 is 12.0 Å². The number of rotatable bonds is 7. The van der Waals surface area contributed by atoms with Crippen LogP contribution in [0.5, 0.6) is 0 Å². The molecule has 1 rings (SSSR count). The fourth-order valence-corrected chi connectivity index (χ4v) is 1.56. The number of likely N-dealkylation sites (N-methyl/N-ethyl adjacent to an activating group) is 1. The van der Waals surface area contributed by atoms with E-state index in [2.05, 4.69) is 10.6 Å². The number of nitro groups is 1. The summed E-state index contributed by atoms with van der Waals surface area (Å²) in [5, 5.41) is 23.8. The van der Waals surface area contributed by atoms with Gasteiger partial charge in [0.1, 0.15) is 6.54 Å². The van der Waals surface area contributed by atoms with Gasteiger partial charge in [-0.2, -0.15) is 0 Å². The van der Waals surface area contributed by atoms with Crippen LogP contribution in [0.25, 0.3) is 0 Å². The minimum absolute atomic E-state index is 0.0507. The van der Waals surface area contributed by atoms with Crippen LogP contribution in [0, 0.1) is 10.1 Å².